The Morgan fingerprint density at radius 1 is 0.615 bits per heavy atom. The first-order valence-electron chi connectivity index (χ1n) is 10.4. The van der Waals surface area contributed by atoms with Gasteiger partial charge in [-0.05, 0) is 55.9 Å². The van der Waals surface area contributed by atoms with Crippen LogP contribution in [0.15, 0.2) is 24.3 Å². The van der Waals surface area contributed by atoms with Crippen molar-refractivity contribution in [2.45, 2.75) is 102 Å². The minimum atomic E-state index is 0.0233. The summed E-state index contributed by atoms with van der Waals surface area (Å²) in [4.78, 5) is 0. The van der Waals surface area contributed by atoms with Crippen LogP contribution in [-0.2, 0) is 12.3 Å². The highest BCUT2D eigenvalue weighted by molar-refractivity contribution is 7.62. The lowest BCUT2D eigenvalue weighted by atomic mass is 9.83. The average molecular weight is 391 g/mol. The number of hydrogen-bond donors (Lipinski definition) is 0. The molecule has 0 spiro atoms. The van der Waals surface area contributed by atoms with Crippen LogP contribution in [0, 0.1) is 11.8 Å². The Morgan fingerprint density at radius 2 is 0.885 bits per heavy atom. The van der Waals surface area contributed by atoms with Gasteiger partial charge in [-0.1, -0.05) is 109 Å². The molecule has 2 saturated heterocycles. The topological polar surface area (TPSA) is 0 Å². The van der Waals surface area contributed by atoms with Crippen LogP contribution in [-0.4, -0.2) is 20.6 Å². The summed E-state index contributed by atoms with van der Waals surface area (Å²) in [6.07, 6.45) is 2.63. The SMILES string of the molecule is CC1C(C)(C)P(Cc2ccccc2CP2C(C)(C)C(C)C2(C)C)C1(C)C. The predicted octanol–water partition coefficient (Wildman–Crippen LogP) is 8.06. The van der Waals surface area contributed by atoms with Gasteiger partial charge in [-0.25, -0.2) is 0 Å². The molecule has 0 radical (unpaired) electrons. The summed E-state index contributed by atoms with van der Waals surface area (Å²) < 4.78 is 0. The summed E-state index contributed by atoms with van der Waals surface area (Å²) in [6, 6.07) is 9.41. The normalized spacial score (nSPS) is 36.1. The zero-order valence-electron chi connectivity index (χ0n) is 18.8. The van der Waals surface area contributed by atoms with E-state index < -0.39 is 0 Å². The second-order valence-corrected chi connectivity index (χ2v) is 18.0. The summed E-state index contributed by atoms with van der Waals surface area (Å²) in [5.41, 5.74) is 3.31. The molecule has 2 aliphatic heterocycles. The highest BCUT2D eigenvalue weighted by atomic mass is 31.1. The molecule has 0 amide bonds. The van der Waals surface area contributed by atoms with Crippen LogP contribution in [0.2, 0.25) is 0 Å². The van der Waals surface area contributed by atoms with Crippen molar-refractivity contribution in [2.24, 2.45) is 11.8 Å². The summed E-state index contributed by atoms with van der Waals surface area (Å²) in [7, 11) is 0.0466. The van der Waals surface area contributed by atoms with E-state index in [2.05, 4.69) is 93.5 Å². The maximum atomic E-state index is 2.52. The zero-order chi connectivity index (χ0) is 19.7. The van der Waals surface area contributed by atoms with Crippen LogP contribution in [0.25, 0.3) is 0 Å². The first kappa shape index (κ1) is 20.8. The summed E-state index contributed by atoms with van der Waals surface area (Å²) in [5.74, 6) is 1.64. The van der Waals surface area contributed by atoms with E-state index in [9.17, 15) is 0 Å². The molecule has 146 valence electrons. The molecule has 2 heterocycles. The molecule has 3 rings (SSSR count). The lowest BCUT2D eigenvalue weighted by Crippen LogP contribution is -2.55. The molecule has 1 aromatic carbocycles. The van der Waals surface area contributed by atoms with Gasteiger partial charge in [-0.15, -0.1) is 0 Å². The summed E-state index contributed by atoms with van der Waals surface area (Å²) >= 11 is 0. The fourth-order valence-electron chi connectivity index (χ4n) is 6.04. The van der Waals surface area contributed by atoms with E-state index in [4.69, 9.17) is 0 Å². The molecule has 0 nitrogen and oxygen atoms in total. The highest BCUT2D eigenvalue weighted by Crippen LogP contribution is 2.79. The van der Waals surface area contributed by atoms with E-state index in [-0.39, 0.29) is 15.8 Å². The van der Waals surface area contributed by atoms with Crippen LogP contribution in [0.1, 0.15) is 80.4 Å². The summed E-state index contributed by atoms with van der Waals surface area (Å²) in [5, 5.41) is 2.06. The Balaban J connectivity index is 1.84. The van der Waals surface area contributed by atoms with Crippen molar-refractivity contribution in [3.8, 4) is 0 Å². The van der Waals surface area contributed by atoms with Gasteiger partial charge in [0.1, 0.15) is 0 Å². The molecule has 0 aliphatic carbocycles. The molecule has 0 bridgehead atoms. The van der Waals surface area contributed by atoms with Crippen molar-refractivity contribution < 1.29 is 0 Å². The number of hydrogen-bond acceptors (Lipinski definition) is 0. The van der Waals surface area contributed by atoms with Crippen molar-refractivity contribution in [3.63, 3.8) is 0 Å². The fraction of sp³-hybridized carbons (Fsp3) is 0.750. The van der Waals surface area contributed by atoms with E-state index in [1.807, 2.05) is 0 Å². The van der Waals surface area contributed by atoms with Crippen molar-refractivity contribution in [1.29, 1.82) is 0 Å². The van der Waals surface area contributed by atoms with Crippen molar-refractivity contribution >= 4 is 15.8 Å². The van der Waals surface area contributed by atoms with Gasteiger partial charge in [0.2, 0.25) is 0 Å². The maximum absolute atomic E-state index is 2.52. The second kappa shape index (κ2) is 6.29. The molecule has 0 aromatic heterocycles. The van der Waals surface area contributed by atoms with Gasteiger partial charge in [0, 0.05) is 0 Å². The Hall–Kier alpha value is 0.0800. The van der Waals surface area contributed by atoms with Crippen LogP contribution in [0.3, 0.4) is 0 Å². The molecule has 0 unspecified atom stereocenters. The third kappa shape index (κ3) is 2.85. The highest BCUT2D eigenvalue weighted by Gasteiger charge is 2.59. The van der Waals surface area contributed by atoms with Crippen molar-refractivity contribution in [3.05, 3.63) is 35.4 Å². The molecule has 2 fully saturated rings. The van der Waals surface area contributed by atoms with Gasteiger partial charge in [-0.2, -0.15) is 0 Å². The van der Waals surface area contributed by atoms with Gasteiger partial charge in [-0.3, -0.25) is 0 Å². The third-order valence-corrected chi connectivity index (χ3v) is 17.2. The summed E-state index contributed by atoms with van der Waals surface area (Å²) in [6.45, 7) is 25.1. The first-order chi connectivity index (χ1) is 11.7. The number of rotatable bonds is 4. The first-order valence-corrected chi connectivity index (χ1v) is 13.4. The maximum Gasteiger partial charge on any atom is -0.00604 e. The molecule has 0 saturated carbocycles. The van der Waals surface area contributed by atoms with E-state index in [0.29, 0.717) is 20.6 Å². The van der Waals surface area contributed by atoms with Gasteiger partial charge in [0.25, 0.3) is 0 Å². The molecule has 2 aliphatic rings. The number of benzene rings is 1. The third-order valence-electron chi connectivity index (χ3n) is 8.80. The van der Waals surface area contributed by atoms with Crippen molar-refractivity contribution in [2.75, 3.05) is 0 Å². The van der Waals surface area contributed by atoms with Crippen LogP contribution >= 0.6 is 15.8 Å². The Kier molecular flexibility index (Phi) is 5.03. The molecule has 0 atom stereocenters. The van der Waals surface area contributed by atoms with Crippen LogP contribution in [0.4, 0.5) is 0 Å². The van der Waals surface area contributed by atoms with Gasteiger partial charge in [0.05, 0.1) is 0 Å². The Labute approximate surface area is 165 Å². The fourth-order valence-corrected chi connectivity index (χ4v) is 14.7. The second-order valence-electron chi connectivity index (χ2n) is 11.0. The molecule has 26 heavy (non-hydrogen) atoms. The predicted molar refractivity (Wildman–Crippen MR) is 122 cm³/mol. The van der Waals surface area contributed by atoms with Crippen LogP contribution < -0.4 is 0 Å². The Bertz CT molecular complexity index is 592. The average Bonchev–Trinajstić information content (AvgIpc) is 2.56. The molecule has 2 heteroatoms. The van der Waals surface area contributed by atoms with Gasteiger partial charge >= 0.3 is 0 Å². The van der Waals surface area contributed by atoms with Crippen molar-refractivity contribution in [1.82, 2.24) is 0 Å². The lowest BCUT2D eigenvalue weighted by Gasteiger charge is -2.65. The molecular formula is C24H40P2. The van der Waals surface area contributed by atoms with E-state index in [1.54, 1.807) is 11.1 Å². The minimum Gasteiger partial charge on any atom is -0.0900 e. The quantitative estimate of drug-likeness (QED) is 0.456. The largest absolute Gasteiger partial charge is 0.0900 e. The lowest BCUT2D eigenvalue weighted by molar-refractivity contribution is 0.302. The molecule has 0 N–H and O–H groups in total. The zero-order valence-corrected chi connectivity index (χ0v) is 20.6. The van der Waals surface area contributed by atoms with Gasteiger partial charge in [0.15, 0.2) is 0 Å². The smallest absolute Gasteiger partial charge is 0.00604 e. The van der Waals surface area contributed by atoms with Gasteiger partial charge < -0.3 is 0 Å². The minimum absolute atomic E-state index is 0.0233. The molecule has 1 aromatic rings. The van der Waals surface area contributed by atoms with E-state index >= 15 is 0 Å². The monoisotopic (exact) mass is 390 g/mol. The standard InChI is InChI=1S/C24H40P2/c1-17-21(3,4)25(22(17,5)6)15-19-13-11-12-14-20(19)16-26-23(7,8)18(2)24(26,9)10/h11-14,17-18H,15-16H2,1-10H3. The molecular weight excluding hydrogens is 350 g/mol. The van der Waals surface area contributed by atoms with E-state index in [0.717, 1.165) is 11.8 Å². The van der Waals surface area contributed by atoms with Crippen LogP contribution in [0.5, 0.6) is 0 Å². The van der Waals surface area contributed by atoms with E-state index in [1.165, 1.54) is 12.3 Å². The Morgan fingerprint density at radius 3 is 1.15 bits per heavy atom.